The predicted molar refractivity (Wildman–Crippen MR) is 95.3 cm³/mol. The maximum absolute atomic E-state index is 12.8. The van der Waals surface area contributed by atoms with Crippen molar-refractivity contribution >= 4 is 23.2 Å². The quantitative estimate of drug-likeness (QED) is 0.754. The highest BCUT2D eigenvalue weighted by Gasteiger charge is 2.31. The molecule has 1 amide bonds. The van der Waals surface area contributed by atoms with Gasteiger partial charge in [0.2, 0.25) is 0 Å². The molecule has 3 rings (SSSR count). The van der Waals surface area contributed by atoms with Crippen molar-refractivity contribution in [2.75, 3.05) is 18.5 Å². The highest BCUT2D eigenvalue weighted by molar-refractivity contribution is 6.34. The fraction of sp³-hybridized carbons (Fsp3) is 0.316. The van der Waals surface area contributed by atoms with Crippen molar-refractivity contribution in [1.29, 1.82) is 0 Å². The van der Waals surface area contributed by atoms with Crippen LogP contribution in [0.3, 0.4) is 0 Å². The lowest BCUT2D eigenvalue weighted by Gasteiger charge is -2.13. The number of carbonyl (C=O) groups excluding carboxylic acids is 1. The molecule has 0 aromatic heterocycles. The van der Waals surface area contributed by atoms with Gasteiger partial charge in [-0.3, -0.25) is 4.79 Å². The summed E-state index contributed by atoms with van der Waals surface area (Å²) >= 11 is 5.89. The monoisotopic (exact) mass is 399 g/mol. The molecule has 0 aliphatic carbocycles. The number of rotatable bonds is 5. The van der Waals surface area contributed by atoms with E-state index in [0.29, 0.717) is 12.4 Å². The Morgan fingerprint density at radius 2 is 1.96 bits per heavy atom. The summed E-state index contributed by atoms with van der Waals surface area (Å²) in [5, 5.41) is 2.42. The molecule has 8 heteroatoms. The molecule has 144 valence electrons. The minimum Gasteiger partial charge on any atom is -0.491 e. The first-order valence-electron chi connectivity index (χ1n) is 8.35. The van der Waals surface area contributed by atoms with Crippen LogP contribution in [0.1, 0.15) is 28.8 Å². The van der Waals surface area contributed by atoms with Crippen molar-refractivity contribution in [2.24, 2.45) is 0 Å². The molecule has 1 N–H and O–H groups in total. The Balaban J connectivity index is 1.64. The van der Waals surface area contributed by atoms with Gasteiger partial charge >= 0.3 is 6.18 Å². The van der Waals surface area contributed by atoms with Crippen LogP contribution in [-0.4, -0.2) is 25.2 Å². The van der Waals surface area contributed by atoms with E-state index in [9.17, 15) is 18.0 Å². The normalized spacial score (nSPS) is 17.0. The van der Waals surface area contributed by atoms with Crippen molar-refractivity contribution < 1.29 is 27.4 Å². The van der Waals surface area contributed by atoms with Gasteiger partial charge in [-0.25, -0.2) is 0 Å². The Morgan fingerprint density at radius 3 is 2.59 bits per heavy atom. The number of alkyl halides is 3. The first-order valence-corrected chi connectivity index (χ1v) is 8.73. The van der Waals surface area contributed by atoms with Gasteiger partial charge in [0, 0.05) is 12.2 Å². The molecule has 0 bridgehead atoms. The standard InChI is InChI=1S/C19H17ClF3NO3/c20-16-8-5-13(19(21,22)23)10-17(16)24-18(25)12-3-6-14(7-4-12)27-11-15-2-1-9-26-15/h3-8,10,15H,1-2,9,11H2,(H,24,25). The summed E-state index contributed by atoms with van der Waals surface area (Å²) < 4.78 is 49.5. The van der Waals surface area contributed by atoms with Crippen LogP contribution in [0.5, 0.6) is 5.75 Å². The largest absolute Gasteiger partial charge is 0.491 e. The summed E-state index contributed by atoms with van der Waals surface area (Å²) in [6.45, 7) is 1.18. The van der Waals surface area contributed by atoms with Crippen LogP contribution >= 0.6 is 11.6 Å². The van der Waals surface area contributed by atoms with E-state index in [4.69, 9.17) is 21.1 Å². The molecule has 0 radical (unpaired) electrons. The Kier molecular flexibility index (Phi) is 5.92. The molecule has 1 unspecified atom stereocenters. The summed E-state index contributed by atoms with van der Waals surface area (Å²) in [6, 6.07) is 9.07. The first-order chi connectivity index (χ1) is 12.8. The number of hydrogen-bond acceptors (Lipinski definition) is 3. The van der Waals surface area contributed by atoms with E-state index < -0.39 is 17.6 Å². The summed E-state index contributed by atoms with van der Waals surface area (Å²) in [5.41, 5.74) is -0.719. The molecule has 2 aromatic carbocycles. The lowest BCUT2D eigenvalue weighted by molar-refractivity contribution is -0.137. The Labute approximate surface area is 159 Å². The van der Waals surface area contributed by atoms with Gasteiger partial charge in [0.05, 0.1) is 22.4 Å². The van der Waals surface area contributed by atoms with Crippen LogP contribution in [0, 0.1) is 0 Å². The number of carbonyl (C=O) groups is 1. The molecule has 1 aliphatic rings. The van der Waals surface area contributed by atoms with E-state index >= 15 is 0 Å². The zero-order chi connectivity index (χ0) is 19.4. The van der Waals surface area contributed by atoms with E-state index in [1.807, 2.05) is 0 Å². The molecule has 2 aromatic rings. The molecule has 1 atom stereocenters. The van der Waals surface area contributed by atoms with Crippen molar-refractivity contribution in [3.05, 3.63) is 58.6 Å². The van der Waals surface area contributed by atoms with Crippen molar-refractivity contribution in [3.8, 4) is 5.75 Å². The topological polar surface area (TPSA) is 47.6 Å². The molecular weight excluding hydrogens is 383 g/mol. The lowest BCUT2D eigenvalue weighted by atomic mass is 10.1. The highest BCUT2D eigenvalue weighted by atomic mass is 35.5. The van der Waals surface area contributed by atoms with Gasteiger partial charge in [0.25, 0.3) is 5.91 Å². The number of ether oxygens (including phenoxy) is 2. The Bertz CT molecular complexity index is 803. The molecule has 1 fully saturated rings. The predicted octanol–water partition coefficient (Wildman–Crippen LogP) is 5.17. The third kappa shape index (κ3) is 5.14. The zero-order valence-corrected chi connectivity index (χ0v) is 14.9. The third-order valence-electron chi connectivity index (χ3n) is 4.12. The third-order valence-corrected chi connectivity index (χ3v) is 4.45. The molecule has 1 saturated heterocycles. The molecule has 1 aliphatic heterocycles. The SMILES string of the molecule is O=C(Nc1cc(C(F)(F)F)ccc1Cl)c1ccc(OCC2CCCO2)cc1. The van der Waals surface area contributed by atoms with Crippen LogP contribution in [0.4, 0.5) is 18.9 Å². The second-order valence-corrected chi connectivity index (χ2v) is 6.52. The van der Waals surface area contributed by atoms with Gasteiger partial charge in [-0.15, -0.1) is 0 Å². The summed E-state index contributed by atoms with van der Waals surface area (Å²) in [5.74, 6) is 0.0149. The van der Waals surface area contributed by atoms with E-state index in [1.54, 1.807) is 12.1 Å². The van der Waals surface area contributed by atoms with Crippen LogP contribution in [0.15, 0.2) is 42.5 Å². The molecular formula is C19H17ClF3NO3. The zero-order valence-electron chi connectivity index (χ0n) is 14.2. The Morgan fingerprint density at radius 1 is 1.22 bits per heavy atom. The lowest BCUT2D eigenvalue weighted by Crippen LogP contribution is -2.16. The van der Waals surface area contributed by atoms with E-state index in [1.165, 1.54) is 12.1 Å². The number of nitrogens with one attached hydrogen (secondary N) is 1. The van der Waals surface area contributed by atoms with Gasteiger partial charge < -0.3 is 14.8 Å². The average molecular weight is 400 g/mol. The minimum absolute atomic E-state index is 0.0212. The molecule has 4 nitrogen and oxygen atoms in total. The maximum Gasteiger partial charge on any atom is 0.416 e. The number of anilines is 1. The number of benzene rings is 2. The average Bonchev–Trinajstić information content (AvgIpc) is 3.15. The second-order valence-electron chi connectivity index (χ2n) is 6.12. The fourth-order valence-corrected chi connectivity index (χ4v) is 2.82. The van der Waals surface area contributed by atoms with E-state index in [2.05, 4.69) is 5.32 Å². The van der Waals surface area contributed by atoms with Crippen LogP contribution < -0.4 is 10.1 Å². The van der Waals surface area contributed by atoms with Crippen LogP contribution in [-0.2, 0) is 10.9 Å². The summed E-state index contributed by atoms with van der Waals surface area (Å²) in [4.78, 5) is 12.3. The van der Waals surface area contributed by atoms with Gasteiger partial charge in [-0.1, -0.05) is 11.6 Å². The minimum atomic E-state index is -4.52. The van der Waals surface area contributed by atoms with Gasteiger partial charge in [0.15, 0.2) is 0 Å². The van der Waals surface area contributed by atoms with Crippen molar-refractivity contribution in [2.45, 2.75) is 25.1 Å². The summed E-state index contributed by atoms with van der Waals surface area (Å²) in [6.07, 6.45) is -2.47. The molecule has 0 spiro atoms. The smallest absolute Gasteiger partial charge is 0.416 e. The van der Waals surface area contributed by atoms with E-state index in [0.717, 1.165) is 37.6 Å². The van der Waals surface area contributed by atoms with Crippen LogP contribution in [0.25, 0.3) is 0 Å². The van der Waals surface area contributed by atoms with Crippen LogP contribution in [0.2, 0.25) is 5.02 Å². The fourth-order valence-electron chi connectivity index (χ4n) is 2.66. The van der Waals surface area contributed by atoms with Gasteiger partial charge in [-0.2, -0.15) is 13.2 Å². The van der Waals surface area contributed by atoms with Gasteiger partial charge in [-0.05, 0) is 55.3 Å². The van der Waals surface area contributed by atoms with E-state index in [-0.39, 0.29) is 22.4 Å². The molecule has 1 heterocycles. The first kappa shape index (κ1) is 19.5. The van der Waals surface area contributed by atoms with Gasteiger partial charge in [0.1, 0.15) is 12.4 Å². The van der Waals surface area contributed by atoms with Crippen molar-refractivity contribution in [3.63, 3.8) is 0 Å². The van der Waals surface area contributed by atoms with Crippen molar-refractivity contribution in [1.82, 2.24) is 0 Å². The number of amides is 1. The molecule has 0 saturated carbocycles. The maximum atomic E-state index is 12.8. The Hall–Kier alpha value is -2.25. The second kappa shape index (κ2) is 8.19. The molecule has 27 heavy (non-hydrogen) atoms. The number of hydrogen-bond donors (Lipinski definition) is 1. The highest BCUT2D eigenvalue weighted by Crippen LogP contribution is 2.34. The summed E-state index contributed by atoms with van der Waals surface area (Å²) in [7, 11) is 0. The number of halogens is 4.